The number of imidazole rings is 1. The van der Waals surface area contributed by atoms with Crippen LogP contribution < -0.4 is 15.4 Å². The summed E-state index contributed by atoms with van der Waals surface area (Å²) in [7, 11) is 5.23. The molecule has 0 aliphatic rings. The largest absolute Gasteiger partial charge is 0.467 e. The highest BCUT2D eigenvalue weighted by Gasteiger charge is 2.05. The molecule has 2 rings (SSSR count). The third-order valence-corrected chi connectivity index (χ3v) is 2.57. The maximum absolute atomic E-state index is 5.01. The van der Waals surface area contributed by atoms with Gasteiger partial charge in [0.05, 0.1) is 7.11 Å². The molecule has 0 unspecified atom stereocenters. The standard InChI is InChI=1S/C11H17N7O/c1-12-9-15-10(17-11(16-9)19-3)14-5-4-8-13-6-7-18(8)2/h6-7H,4-5H2,1-3H3,(H2,12,14,15,16,17). The molecule has 0 saturated carbocycles. The SMILES string of the molecule is CNc1nc(NCCc2nccn2C)nc(OC)n1. The molecule has 0 aliphatic heterocycles. The van der Waals surface area contributed by atoms with Crippen LogP contribution in [0.15, 0.2) is 12.4 Å². The van der Waals surface area contributed by atoms with Gasteiger partial charge in [0.15, 0.2) is 0 Å². The first-order valence-electron chi connectivity index (χ1n) is 5.91. The lowest BCUT2D eigenvalue weighted by Crippen LogP contribution is -2.12. The normalized spacial score (nSPS) is 10.3. The Bertz CT molecular complexity index is 517. The lowest BCUT2D eigenvalue weighted by atomic mass is 10.4. The lowest BCUT2D eigenvalue weighted by Gasteiger charge is -2.07. The first-order valence-corrected chi connectivity index (χ1v) is 5.91. The van der Waals surface area contributed by atoms with Crippen molar-refractivity contribution in [1.82, 2.24) is 24.5 Å². The van der Waals surface area contributed by atoms with E-state index in [1.807, 2.05) is 17.8 Å². The Hall–Kier alpha value is -2.38. The van der Waals surface area contributed by atoms with Crippen molar-refractivity contribution in [3.05, 3.63) is 18.2 Å². The van der Waals surface area contributed by atoms with Gasteiger partial charge in [-0.3, -0.25) is 0 Å². The molecule has 0 aromatic carbocycles. The Balaban J connectivity index is 1.97. The smallest absolute Gasteiger partial charge is 0.322 e. The molecule has 0 atom stereocenters. The average molecular weight is 263 g/mol. The predicted molar refractivity (Wildman–Crippen MR) is 71.3 cm³/mol. The van der Waals surface area contributed by atoms with E-state index in [9.17, 15) is 0 Å². The summed E-state index contributed by atoms with van der Waals surface area (Å²) in [5, 5.41) is 5.98. The Morgan fingerprint density at radius 2 is 2.05 bits per heavy atom. The highest BCUT2D eigenvalue weighted by molar-refractivity contribution is 5.35. The molecule has 0 aliphatic carbocycles. The van der Waals surface area contributed by atoms with Gasteiger partial charge in [0.2, 0.25) is 11.9 Å². The van der Waals surface area contributed by atoms with Gasteiger partial charge < -0.3 is 19.9 Å². The fraction of sp³-hybridized carbons (Fsp3) is 0.455. The van der Waals surface area contributed by atoms with Crippen LogP contribution in [0.3, 0.4) is 0 Å². The molecule has 0 radical (unpaired) electrons. The minimum absolute atomic E-state index is 0.277. The van der Waals surface area contributed by atoms with Crippen molar-refractivity contribution in [3.8, 4) is 6.01 Å². The molecular formula is C11H17N7O. The number of aromatic nitrogens is 5. The predicted octanol–water partition coefficient (Wildman–Crippen LogP) is 0.310. The van der Waals surface area contributed by atoms with Crippen LogP contribution in [0.1, 0.15) is 5.82 Å². The molecule has 19 heavy (non-hydrogen) atoms. The van der Waals surface area contributed by atoms with Gasteiger partial charge >= 0.3 is 6.01 Å². The van der Waals surface area contributed by atoms with E-state index in [1.165, 1.54) is 7.11 Å². The summed E-state index contributed by atoms with van der Waals surface area (Å²) in [6.07, 6.45) is 4.48. The summed E-state index contributed by atoms with van der Waals surface area (Å²) >= 11 is 0. The average Bonchev–Trinajstić information content (AvgIpc) is 2.84. The molecule has 0 fully saturated rings. The third kappa shape index (κ3) is 3.30. The van der Waals surface area contributed by atoms with Crippen molar-refractivity contribution in [1.29, 1.82) is 0 Å². The maximum atomic E-state index is 5.01. The van der Waals surface area contributed by atoms with E-state index in [1.54, 1.807) is 13.2 Å². The van der Waals surface area contributed by atoms with Crippen molar-refractivity contribution in [2.45, 2.75) is 6.42 Å². The summed E-state index contributed by atoms with van der Waals surface area (Å²) < 4.78 is 6.99. The van der Waals surface area contributed by atoms with Gasteiger partial charge in [0.25, 0.3) is 0 Å². The molecule has 2 aromatic heterocycles. The zero-order chi connectivity index (χ0) is 13.7. The van der Waals surface area contributed by atoms with Crippen LogP contribution in [0, 0.1) is 0 Å². The van der Waals surface area contributed by atoms with Crippen LogP contribution in [-0.2, 0) is 13.5 Å². The topological polar surface area (TPSA) is 89.8 Å². The summed E-state index contributed by atoms with van der Waals surface area (Å²) in [4.78, 5) is 16.6. The molecule has 2 heterocycles. The van der Waals surface area contributed by atoms with Crippen LogP contribution in [0.2, 0.25) is 0 Å². The number of nitrogens with one attached hydrogen (secondary N) is 2. The Morgan fingerprint density at radius 3 is 2.68 bits per heavy atom. The molecule has 0 bridgehead atoms. The first kappa shape index (κ1) is 13.1. The van der Waals surface area contributed by atoms with E-state index in [2.05, 4.69) is 30.6 Å². The fourth-order valence-electron chi connectivity index (χ4n) is 1.56. The zero-order valence-corrected chi connectivity index (χ0v) is 11.2. The van der Waals surface area contributed by atoms with Crippen molar-refractivity contribution >= 4 is 11.9 Å². The molecule has 8 nitrogen and oxygen atoms in total. The number of ether oxygens (including phenoxy) is 1. The van der Waals surface area contributed by atoms with Crippen LogP contribution in [0.5, 0.6) is 6.01 Å². The van der Waals surface area contributed by atoms with Crippen LogP contribution in [-0.4, -0.2) is 45.2 Å². The molecule has 8 heteroatoms. The number of rotatable bonds is 6. The Morgan fingerprint density at radius 1 is 1.26 bits per heavy atom. The van der Waals surface area contributed by atoms with Crippen molar-refractivity contribution in [2.75, 3.05) is 31.3 Å². The monoisotopic (exact) mass is 263 g/mol. The fourth-order valence-corrected chi connectivity index (χ4v) is 1.56. The van der Waals surface area contributed by atoms with E-state index >= 15 is 0 Å². The molecule has 2 N–H and O–H groups in total. The highest BCUT2D eigenvalue weighted by Crippen LogP contribution is 2.10. The molecule has 0 spiro atoms. The van der Waals surface area contributed by atoms with Crippen molar-refractivity contribution < 1.29 is 4.74 Å². The summed E-state index contributed by atoms with van der Waals surface area (Å²) in [6, 6.07) is 0.277. The number of anilines is 2. The minimum Gasteiger partial charge on any atom is -0.467 e. The Labute approximate surface area is 111 Å². The maximum Gasteiger partial charge on any atom is 0.322 e. The highest BCUT2D eigenvalue weighted by atomic mass is 16.5. The minimum atomic E-state index is 0.277. The van der Waals surface area contributed by atoms with Gasteiger partial charge in [-0.15, -0.1) is 0 Å². The van der Waals surface area contributed by atoms with E-state index in [0.29, 0.717) is 18.4 Å². The zero-order valence-electron chi connectivity index (χ0n) is 11.2. The Kier molecular flexibility index (Phi) is 4.11. The number of aryl methyl sites for hydroxylation is 1. The molecular weight excluding hydrogens is 246 g/mol. The van der Waals surface area contributed by atoms with Crippen molar-refractivity contribution in [3.63, 3.8) is 0 Å². The molecule has 0 saturated heterocycles. The number of hydrogen-bond donors (Lipinski definition) is 2. The van der Waals surface area contributed by atoms with Gasteiger partial charge in [-0.1, -0.05) is 0 Å². The molecule has 0 amide bonds. The summed E-state index contributed by atoms with van der Waals surface area (Å²) in [5.74, 6) is 1.94. The number of nitrogens with zero attached hydrogens (tertiary/aromatic N) is 5. The van der Waals surface area contributed by atoms with E-state index in [0.717, 1.165) is 12.2 Å². The van der Waals surface area contributed by atoms with Crippen LogP contribution in [0.4, 0.5) is 11.9 Å². The molecule has 2 aromatic rings. The van der Waals surface area contributed by atoms with E-state index in [4.69, 9.17) is 4.74 Å². The summed E-state index contributed by atoms with van der Waals surface area (Å²) in [6.45, 7) is 0.682. The second kappa shape index (κ2) is 5.98. The van der Waals surface area contributed by atoms with Gasteiger partial charge in [-0.05, 0) is 0 Å². The van der Waals surface area contributed by atoms with Gasteiger partial charge in [0.1, 0.15) is 5.82 Å². The van der Waals surface area contributed by atoms with Crippen LogP contribution >= 0.6 is 0 Å². The number of methoxy groups -OCH3 is 1. The van der Waals surface area contributed by atoms with Gasteiger partial charge in [-0.2, -0.15) is 15.0 Å². The van der Waals surface area contributed by atoms with Gasteiger partial charge in [0, 0.05) is 39.5 Å². The lowest BCUT2D eigenvalue weighted by molar-refractivity contribution is 0.379. The number of hydrogen-bond acceptors (Lipinski definition) is 7. The van der Waals surface area contributed by atoms with E-state index < -0.39 is 0 Å². The quantitative estimate of drug-likeness (QED) is 0.775. The third-order valence-electron chi connectivity index (χ3n) is 2.57. The first-order chi connectivity index (χ1) is 9.22. The van der Waals surface area contributed by atoms with E-state index in [-0.39, 0.29) is 6.01 Å². The van der Waals surface area contributed by atoms with Crippen LogP contribution in [0.25, 0.3) is 0 Å². The second-order valence-corrected chi connectivity index (χ2v) is 3.85. The van der Waals surface area contributed by atoms with Gasteiger partial charge in [-0.25, -0.2) is 4.98 Å². The second-order valence-electron chi connectivity index (χ2n) is 3.85. The summed E-state index contributed by atoms with van der Waals surface area (Å²) in [5.41, 5.74) is 0. The van der Waals surface area contributed by atoms with Crippen molar-refractivity contribution in [2.24, 2.45) is 7.05 Å². The molecule has 102 valence electrons.